The van der Waals surface area contributed by atoms with Crippen molar-refractivity contribution in [2.45, 2.75) is 34.1 Å². The highest BCUT2D eigenvalue weighted by Gasteiger charge is 2.22. The third-order valence-electron chi connectivity index (χ3n) is 5.02. The SMILES string of the molecule is [2H]c1c(C([2H])([2H])C(C)C)c([2H])c(-c2c(C)ccc3c2oc2cc([N+]#[C-])ccc23)[n+](C)c1C. The Balaban J connectivity index is 2.17. The Bertz CT molecular complexity index is 1440. The number of benzene rings is 2. The van der Waals surface area contributed by atoms with Gasteiger partial charge in [-0.1, -0.05) is 38.1 Å². The van der Waals surface area contributed by atoms with Crippen molar-refractivity contribution in [1.29, 1.82) is 0 Å². The zero-order valence-corrected chi connectivity index (χ0v) is 16.8. The van der Waals surface area contributed by atoms with Crippen LogP contribution in [0.2, 0.25) is 0 Å². The Labute approximate surface area is 171 Å². The number of nitrogens with zero attached hydrogens (tertiary/aromatic N) is 2. The number of hydrogen-bond donors (Lipinski definition) is 0. The standard InChI is InChI=1S/C25H25N2O/c1-15(2)11-18-12-17(4)27(6)22(13-18)24-16(3)7-9-21-20-10-8-19(26-5)14-23(20)28-25(21)24/h7-10,12-15H,11H2,1-4,6H3/q+1/i11D2,12D,13D. The number of aryl methyl sites for hydroxylation is 1. The maximum Gasteiger partial charge on any atom is 0.216 e. The molecule has 0 bridgehead atoms. The first-order chi connectivity index (χ1) is 15.0. The fraction of sp³-hybridized carbons (Fsp3) is 0.280. The molecule has 0 radical (unpaired) electrons. The molecule has 0 fully saturated rings. The van der Waals surface area contributed by atoms with Gasteiger partial charge in [0.05, 0.1) is 14.9 Å². The molecule has 3 nitrogen and oxygen atoms in total. The number of aromatic nitrogens is 1. The van der Waals surface area contributed by atoms with Crippen LogP contribution in [0.4, 0.5) is 5.69 Å². The van der Waals surface area contributed by atoms with Gasteiger partial charge >= 0.3 is 0 Å². The summed E-state index contributed by atoms with van der Waals surface area (Å²) in [5.74, 6) is -0.397. The molecule has 3 heteroatoms. The van der Waals surface area contributed by atoms with Crippen molar-refractivity contribution in [2.24, 2.45) is 13.0 Å². The van der Waals surface area contributed by atoms with Crippen LogP contribution in [0.1, 0.15) is 36.2 Å². The Hall–Kier alpha value is -3.12. The smallest absolute Gasteiger partial charge is 0.216 e. The second-order valence-electron chi connectivity index (χ2n) is 7.45. The molecular formula is C25H25N2O+. The molecule has 0 amide bonds. The van der Waals surface area contributed by atoms with Gasteiger partial charge < -0.3 is 4.42 Å². The van der Waals surface area contributed by atoms with Gasteiger partial charge in [-0.3, -0.25) is 0 Å². The van der Waals surface area contributed by atoms with E-state index in [1.54, 1.807) is 44.5 Å². The molecule has 0 atom stereocenters. The minimum Gasteiger partial charge on any atom is -0.456 e. The highest BCUT2D eigenvalue weighted by Crippen LogP contribution is 2.38. The molecule has 2 aromatic heterocycles. The van der Waals surface area contributed by atoms with E-state index in [-0.39, 0.29) is 17.6 Å². The number of pyridine rings is 1. The minimum atomic E-state index is -1.83. The van der Waals surface area contributed by atoms with E-state index in [0.717, 1.165) is 16.3 Å². The number of furan rings is 1. The summed E-state index contributed by atoms with van der Waals surface area (Å²) in [5, 5.41) is 1.76. The highest BCUT2D eigenvalue weighted by atomic mass is 16.3. The molecule has 4 rings (SSSR count). The van der Waals surface area contributed by atoms with Gasteiger partial charge in [0.25, 0.3) is 0 Å². The maximum atomic E-state index is 9.02. The van der Waals surface area contributed by atoms with E-state index in [1.807, 2.05) is 25.1 Å². The van der Waals surface area contributed by atoms with E-state index in [0.29, 0.717) is 33.8 Å². The molecule has 0 saturated carbocycles. The average Bonchev–Trinajstić information content (AvgIpc) is 3.11. The van der Waals surface area contributed by atoms with E-state index in [2.05, 4.69) is 4.85 Å². The quantitative estimate of drug-likeness (QED) is 0.299. The lowest BCUT2D eigenvalue weighted by atomic mass is 9.96. The average molecular weight is 374 g/mol. The second kappa shape index (κ2) is 6.80. The van der Waals surface area contributed by atoms with Gasteiger partial charge in [0.2, 0.25) is 5.69 Å². The summed E-state index contributed by atoms with van der Waals surface area (Å²) in [6, 6.07) is 9.33. The molecule has 0 unspecified atom stereocenters. The fourth-order valence-electron chi connectivity index (χ4n) is 3.55. The summed E-state index contributed by atoms with van der Waals surface area (Å²) in [6.07, 6.45) is -1.83. The van der Waals surface area contributed by atoms with Gasteiger partial charge in [-0.25, -0.2) is 4.85 Å². The summed E-state index contributed by atoms with van der Waals surface area (Å²) in [4.78, 5) is 3.49. The van der Waals surface area contributed by atoms with Crippen LogP contribution >= 0.6 is 0 Å². The van der Waals surface area contributed by atoms with Crippen molar-refractivity contribution in [3.63, 3.8) is 0 Å². The van der Waals surface area contributed by atoms with Crippen molar-refractivity contribution < 1.29 is 14.5 Å². The summed E-state index contributed by atoms with van der Waals surface area (Å²) in [6.45, 7) is 14.5. The zero-order chi connectivity index (χ0) is 23.5. The monoisotopic (exact) mass is 373 g/mol. The van der Waals surface area contributed by atoms with E-state index >= 15 is 0 Å². The molecule has 0 saturated heterocycles. The summed E-state index contributed by atoms with van der Waals surface area (Å²) in [7, 11) is 1.80. The molecular weight excluding hydrogens is 344 g/mol. The fourth-order valence-corrected chi connectivity index (χ4v) is 3.55. The summed E-state index contributed by atoms with van der Waals surface area (Å²) < 4.78 is 42.9. The van der Waals surface area contributed by atoms with E-state index in [4.69, 9.17) is 16.5 Å². The molecule has 2 aromatic carbocycles. The topological polar surface area (TPSA) is 21.4 Å². The first-order valence-corrected chi connectivity index (χ1v) is 9.34. The van der Waals surface area contributed by atoms with Crippen molar-refractivity contribution in [3.8, 4) is 11.3 Å². The molecule has 28 heavy (non-hydrogen) atoms. The summed E-state index contributed by atoms with van der Waals surface area (Å²) >= 11 is 0. The molecule has 0 spiro atoms. The van der Waals surface area contributed by atoms with Crippen molar-refractivity contribution >= 4 is 27.6 Å². The van der Waals surface area contributed by atoms with E-state index in [9.17, 15) is 0 Å². The molecule has 0 aliphatic rings. The molecule has 0 N–H and O–H groups in total. The number of hydrogen-bond acceptors (Lipinski definition) is 1. The molecule has 0 aliphatic heterocycles. The Kier molecular flexibility index (Phi) is 3.39. The van der Waals surface area contributed by atoms with Crippen molar-refractivity contribution in [2.75, 3.05) is 0 Å². The van der Waals surface area contributed by atoms with Crippen LogP contribution in [0.15, 0.2) is 46.8 Å². The van der Waals surface area contributed by atoms with Gasteiger partial charge in [-0.05, 0) is 36.4 Å². The predicted molar refractivity (Wildman–Crippen MR) is 115 cm³/mol. The van der Waals surface area contributed by atoms with E-state index < -0.39 is 12.3 Å². The van der Waals surface area contributed by atoms with Crippen LogP contribution < -0.4 is 4.57 Å². The largest absolute Gasteiger partial charge is 0.456 e. The van der Waals surface area contributed by atoms with Crippen molar-refractivity contribution in [1.82, 2.24) is 0 Å². The van der Waals surface area contributed by atoms with Crippen LogP contribution in [-0.2, 0) is 13.4 Å². The minimum absolute atomic E-state index is 0.000275. The number of rotatable bonds is 3. The Morgan fingerprint density at radius 2 is 1.93 bits per heavy atom. The normalized spacial score (nSPS) is 14.0. The molecule has 4 aromatic rings. The van der Waals surface area contributed by atoms with E-state index in [1.165, 1.54) is 0 Å². The first kappa shape index (κ1) is 14.0. The highest BCUT2D eigenvalue weighted by molar-refractivity contribution is 6.10. The third kappa shape index (κ3) is 2.96. The Morgan fingerprint density at radius 3 is 2.64 bits per heavy atom. The lowest BCUT2D eigenvalue weighted by Crippen LogP contribution is -2.35. The van der Waals surface area contributed by atoms with Gasteiger partial charge in [0.15, 0.2) is 11.4 Å². The number of fused-ring (bicyclic) bond motifs is 3. The maximum absolute atomic E-state index is 9.02. The van der Waals surface area contributed by atoms with Gasteiger partial charge in [0.1, 0.15) is 18.2 Å². The predicted octanol–water partition coefficient (Wildman–Crippen LogP) is 6.44. The van der Waals surface area contributed by atoms with Crippen LogP contribution in [0, 0.1) is 26.3 Å². The Morgan fingerprint density at radius 1 is 1.18 bits per heavy atom. The van der Waals surface area contributed by atoms with Crippen LogP contribution in [0.3, 0.4) is 0 Å². The molecule has 0 aliphatic carbocycles. The van der Waals surface area contributed by atoms with Gasteiger partial charge in [0, 0.05) is 32.5 Å². The molecule has 2 heterocycles. The van der Waals surface area contributed by atoms with Crippen LogP contribution in [-0.4, -0.2) is 0 Å². The zero-order valence-electron chi connectivity index (χ0n) is 20.8. The lowest BCUT2D eigenvalue weighted by Gasteiger charge is -2.11. The van der Waals surface area contributed by atoms with Gasteiger partial charge in [-0.2, -0.15) is 4.57 Å². The van der Waals surface area contributed by atoms with Crippen molar-refractivity contribution in [3.05, 3.63) is 70.7 Å². The molecule has 140 valence electrons. The lowest BCUT2D eigenvalue weighted by molar-refractivity contribution is -0.666. The summed E-state index contributed by atoms with van der Waals surface area (Å²) in [5.41, 5.74) is 4.48. The van der Waals surface area contributed by atoms with Crippen LogP contribution in [0.25, 0.3) is 38.0 Å². The first-order valence-electron chi connectivity index (χ1n) is 11.3. The van der Waals surface area contributed by atoms with Gasteiger partial charge in [-0.15, -0.1) is 0 Å². The van der Waals surface area contributed by atoms with Crippen LogP contribution in [0.5, 0.6) is 0 Å². The second-order valence-corrected chi connectivity index (χ2v) is 7.45. The third-order valence-corrected chi connectivity index (χ3v) is 5.02.